The molecule has 0 saturated heterocycles. The minimum absolute atomic E-state index is 0.0168. The molecule has 10 heteroatoms. The average molecular weight is 485 g/mol. The van der Waals surface area contributed by atoms with Gasteiger partial charge in [0.15, 0.2) is 11.6 Å². The Labute approximate surface area is 202 Å². The molecular formula is C25H28N2O8. The molecular weight excluding hydrogens is 456 g/mol. The van der Waals surface area contributed by atoms with Crippen LogP contribution in [-0.4, -0.2) is 61.9 Å². The molecule has 0 fully saturated rings. The van der Waals surface area contributed by atoms with Gasteiger partial charge in [0, 0.05) is 11.6 Å². The van der Waals surface area contributed by atoms with Gasteiger partial charge in [0.1, 0.15) is 0 Å². The van der Waals surface area contributed by atoms with Crippen molar-refractivity contribution in [3.63, 3.8) is 0 Å². The fourth-order valence-corrected chi connectivity index (χ4v) is 4.19. The zero-order valence-corrected chi connectivity index (χ0v) is 20.2. The van der Waals surface area contributed by atoms with Gasteiger partial charge in [-0.3, -0.25) is 4.79 Å². The second-order valence-electron chi connectivity index (χ2n) is 8.12. The highest BCUT2D eigenvalue weighted by Gasteiger charge is 2.59. The lowest BCUT2D eigenvalue weighted by Gasteiger charge is -2.35. The zero-order valence-electron chi connectivity index (χ0n) is 20.2. The monoisotopic (exact) mass is 484 g/mol. The van der Waals surface area contributed by atoms with Crippen molar-refractivity contribution in [3.8, 4) is 0 Å². The summed E-state index contributed by atoms with van der Waals surface area (Å²) in [4.78, 5) is 53.0. The van der Waals surface area contributed by atoms with Gasteiger partial charge in [0.05, 0.1) is 43.3 Å². The van der Waals surface area contributed by atoms with E-state index in [1.165, 1.54) is 37.3 Å². The van der Waals surface area contributed by atoms with Crippen LogP contribution in [0.25, 0.3) is 0 Å². The van der Waals surface area contributed by atoms with E-state index < -0.39 is 35.5 Å². The van der Waals surface area contributed by atoms with Gasteiger partial charge in [0.2, 0.25) is 0 Å². The molecule has 2 aromatic rings. The Hall–Kier alpha value is -3.92. The van der Waals surface area contributed by atoms with Crippen molar-refractivity contribution in [2.45, 2.75) is 38.5 Å². The van der Waals surface area contributed by atoms with Gasteiger partial charge in [-0.2, -0.15) is 0 Å². The van der Waals surface area contributed by atoms with E-state index in [1.54, 1.807) is 45.0 Å². The third kappa shape index (κ3) is 4.32. The van der Waals surface area contributed by atoms with E-state index in [-0.39, 0.29) is 29.5 Å². The fourth-order valence-electron chi connectivity index (χ4n) is 4.19. The maximum Gasteiger partial charge on any atom is 0.339 e. The van der Waals surface area contributed by atoms with Crippen LogP contribution >= 0.6 is 0 Å². The lowest BCUT2D eigenvalue weighted by atomic mass is 9.84. The number of amides is 1. The number of esters is 3. The quantitative estimate of drug-likeness (QED) is 0.428. The summed E-state index contributed by atoms with van der Waals surface area (Å²) >= 11 is 0. The number of fused-ring (bicyclic) bond motifs is 1. The van der Waals surface area contributed by atoms with Gasteiger partial charge in [-0.05, 0) is 45.0 Å². The summed E-state index contributed by atoms with van der Waals surface area (Å²) in [7, 11) is 2.38. The highest BCUT2D eigenvalue weighted by atomic mass is 16.5. The molecule has 1 amide bonds. The van der Waals surface area contributed by atoms with Gasteiger partial charge in [-0.25, -0.2) is 14.4 Å². The van der Waals surface area contributed by atoms with E-state index >= 15 is 0 Å². The van der Waals surface area contributed by atoms with E-state index in [9.17, 15) is 24.3 Å². The van der Waals surface area contributed by atoms with Crippen molar-refractivity contribution in [1.29, 1.82) is 0 Å². The van der Waals surface area contributed by atoms with E-state index in [1.807, 2.05) is 0 Å². The molecule has 1 heterocycles. The molecule has 1 aliphatic heterocycles. The van der Waals surface area contributed by atoms with Crippen LogP contribution in [-0.2, 0) is 29.3 Å². The molecule has 2 atom stereocenters. The van der Waals surface area contributed by atoms with Crippen LogP contribution in [0.3, 0.4) is 0 Å². The number of nitrogens with zero attached hydrogens (tertiary/aromatic N) is 1. The van der Waals surface area contributed by atoms with Crippen molar-refractivity contribution >= 4 is 35.2 Å². The lowest BCUT2D eigenvalue weighted by molar-refractivity contribution is -0.159. The summed E-state index contributed by atoms with van der Waals surface area (Å²) in [6.45, 7) is 5.13. The van der Waals surface area contributed by atoms with Crippen molar-refractivity contribution in [3.05, 3.63) is 59.2 Å². The first kappa shape index (κ1) is 25.7. The number of aliphatic hydroxyl groups excluding tert-OH is 1. The largest absolute Gasteiger partial charge is 0.465 e. The minimum atomic E-state index is -2.06. The van der Waals surface area contributed by atoms with E-state index in [4.69, 9.17) is 14.2 Å². The molecule has 10 nitrogen and oxygen atoms in total. The fraction of sp³-hybridized carbons (Fsp3) is 0.360. The molecule has 0 unspecified atom stereocenters. The first-order chi connectivity index (χ1) is 16.6. The van der Waals surface area contributed by atoms with Gasteiger partial charge in [-0.1, -0.05) is 18.2 Å². The Balaban J connectivity index is 2.31. The number of anilines is 2. The zero-order chi connectivity index (χ0) is 25.9. The smallest absolute Gasteiger partial charge is 0.339 e. The topological polar surface area (TPSA) is 131 Å². The summed E-state index contributed by atoms with van der Waals surface area (Å²) in [5, 5.41) is 14.2. The van der Waals surface area contributed by atoms with E-state index in [2.05, 4.69) is 5.32 Å². The molecule has 0 aliphatic carbocycles. The van der Waals surface area contributed by atoms with Crippen molar-refractivity contribution in [2.75, 3.05) is 31.0 Å². The number of hydrogen-bond donors (Lipinski definition) is 2. The molecule has 1 aliphatic rings. The number of hydrogen-bond acceptors (Lipinski definition) is 9. The third-order valence-electron chi connectivity index (χ3n) is 5.76. The molecule has 35 heavy (non-hydrogen) atoms. The Morgan fingerprint density at radius 2 is 1.71 bits per heavy atom. The van der Waals surface area contributed by atoms with Crippen LogP contribution < -0.4 is 10.2 Å². The minimum Gasteiger partial charge on any atom is -0.465 e. The molecule has 0 aromatic heterocycles. The van der Waals surface area contributed by atoms with Crippen LogP contribution in [0.5, 0.6) is 0 Å². The number of ether oxygens (including phenoxy) is 3. The second kappa shape index (κ2) is 10.1. The number of aliphatic hydroxyl groups is 1. The molecule has 0 saturated carbocycles. The summed E-state index contributed by atoms with van der Waals surface area (Å²) in [6, 6.07) is 10.4. The number of carbonyl (C=O) groups is 4. The van der Waals surface area contributed by atoms with Crippen LogP contribution in [0.15, 0.2) is 42.5 Å². The number of para-hydroxylation sites is 1. The van der Waals surface area contributed by atoms with E-state index in [0.29, 0.717) is 11.3 Å². The molecule has 2 N–H and O–H groups in total. The standard InChI is InChI=1S/C25H28N2O8/c1-6-35-23(31)20(28)25(17-9-7-8-10-19(17)27(14(2)3)24(25)32)26-18-13-15(21(29)33-4)11-12-16(18)22(30)34-5/h7-14,20,26,28H,6H2,1-5H3/t20-,25+/m1/s1. The summed E-state index contributed by atoms with van der Waals surface area (Å²) < 4.78 is 14.7. The first-order valence-corrected chi connectivity index (χ1v) is 11.0. The highest BCUT2D eigenvalue weighted by molar-refractivity contribution is 6.13. The van der Waals surface area contributed by atoms with Crippen molar-refractivity contribution < 1.29 is 38.5 Å². The molecule has 0 spiro atoms. The SMILES string of the molecule is CCOC(=O)[C@@H](O)[C@]1(Nc2cc(C(=O)OC)ccc2C(=O)OC)C(=O)N(C(C)C)c2ccccc21. The van der Waals surface area contributed by atoms with Crippen LogP contribution in [0.2, 0.25) is 0 Å². The summed E-state index contributed by atoms with van der Waals surface area (Å²) in [5.74, 6) is -3.11. The van der Waals surface area contributed by atoms with Gasteiger partial charge in [0.25, 0.3) is 5.91 Å². The predicted octanol–water partition coefficient (Wildman–Crippen LogP) is 2.25. The molecule has 186 valence electrons. The number of nitrogens with one attached hydrogen (secondary N) is 1. The molecule has 0 bridgehead atoms. The van der Waals surface area contributed by atoms with E-state index in [0.717, 1.165) is 0 Å². The number of carbonyl (C=O) groups excluding carboxylic acids is 4. The number of rotatable bonds is 8. The summed E-state index contributed by atoms with van der Waals surface area (Å²) in [5.41, 5.74) is -1.25. The van der Waals surface area contributed by atoms with Crippen LogP contribution in [0.4, 0.5) is 11.4 Å². The average Bonchev–Trinajstić information content (AvgIpc) is 3.11. The molecule has 0 radical (unpaired) electrons. The highest BCUT2D eigenvalue weighted by Crippen LogP contribution is 2.46. The summed E-state index contributed by atoms with van der Waals surface area (Å²) in [6.07, 6.45) is -1.99. The lowest BCUT2D eigenvalue weighted by Crippen LogP contribution is -2.58. The normalized spacial score (nSPS) is 17.6. The maximum absolute atomic E-state index is 14.0. The van der Waals surface area contributed by atoms with Gasteiger partial charge in [-0.15, -0.1) is 0 Å². The predicted molar refractivity (Wildman–Crippen MR) is 126 cm³/mol. The van der Waals surface area contributed by atoms with Gasteiger partial charge >= 0.3 is 17.9 Å². The number of methoxy groups -OCH3 is 2. The van der Waals surface area contributed by atoms with Crippen molar-refractivity contribution in [1.82, 2.24) is 0 Å². The maximum atomic E-state index is 14.0. The third-order valence-corrected chi connectivity index (χ3v) is 5.76. The van der Waals surface area contributed by atoms with Crippen LogP contribution in [0.1, 0.15) is 47.1 Å². The Morgan fingerprint density at radius 1 is 1.06 bits per heavy atom. The van der Waals surface area contributed by atoms with Crippen LogP contribution in [0, 0.1) is 0 Å². The van der Waals surface area contributed by atoms with Gasteiger partial charge < -0.3 is 29.5 Å². The molecule has 2 aromatic carbocycles. The van der Waals surface area contributed by atoms with Crippen molar-refractivity contribution in [2.24, 2.45) is 0 Å². The Kier molecular flexibility index (Phi) is 7.45. The second-order valence-corrected chi connectivity index (χ2v) is 8.12. The number of benzene rings is 2. The Morgan fingerprint density at radius 3 is 2.31 bits per heavy atom. The molecule has 3 rings (SSSR count). The first-order valence-electron chi connectivity index (χ1n) is 11.0. The Bertz CT molecular complexity index is 1160.